The second-order valence-corrected chi connectivity index (χ2v) is 2.39. The van der Waals surface area contributed by atoms with E-state index in [-0.39, 0.29) is 5.75 Å². The monoisotopic (exact) mass is 171 g/mol. The average Bonchev–Trinajstić information content (AvgIpc) is 2.01. The molecule has 0 fully saturated rings. The average molecular weight is 172 g/mol. The van der Waals surface area contributed by atoms with Crippen molar-refractivity contribution < 1.29 is 9.84 Å². The Morgan fingerprint density at radius 3 is 2.91 bits per heavy atom. The predicted molar refractivity (Wildman–Crippen MR) is 42.8 cm³/mol. The van der Waals surface area contributed by atoms with Crippen molar-refractivity contribution in [2.45, 2.75) is 0 Å². The molecule has 0 spiro atoms. The first-order chi connectivity index (χ1) is 5.33. The van der Waals surface area contributed by atoms with Crippen molar-refractivity contribution in [3.8, 4) is 11.5 Å². The van der Waals surface area contributed by atoms with Crippen LogP contribution in [0.2, 0.25) is 0 Å². The minimum atomic E-state index is -0.0444. The molecule has 0 bridgehead atoms. The number of benzene rings is 1. The van der Waals surface area contributed by atoms with Gasteiger partial charge in [-0.15, -0.1) is 11.6 Å². The van der Waals surface area contributed by atoms with Gasteiger partial charge in [-0.3, -0.25) is 5.11 Å². The Kier molecular flexibility index (Phi) is 3.05. The maximum atomic E-state index is 10.7. The molecule has 0 N–H and O–H groups in total. The van der Waals surface area contributed by atoms with E-state index >= 15 is 0 Å². The molecule has 59 valence electrons. The van der Waals surface area contributed by atoms with Crippen LogP contribution in [-0.2, 0) is 5.11 Å². The Bertz CT molecular complexity index is 225. The van der Waals surface area contributed by atoms with Crippen LogP contribution in [0.4, 0.5) is 0 Å². The first-order valence-electron chi connectivity index (χ1n) is 3.29. The first kappa shape index (κ1) is 8.21. The molecular weight excluding hydrogens is 164 g/mol. The van der Waals surface area contributed by atoms with E-state index in [9.17, 15) is 5.11 Å². The molecule has 0 saturated heterocycles. The van der Waals surface area contributed by atoms with E-state index in [0.29, 0.717) is 18.2 Å². The largest absolute Gasteiger partial charge is 0.492 e. The van der Waals surface area contributed by atoms with E-state index < -0.39 is 0 Å². The minimum absolute atomic E-state index is 0.0444. The molecule has 0 aliphatic carbocycles. The molecule has 1 radical (unpaired) electrons. The summed E-state index contributed by atoms with van der Waals surface area (Å²) in [5, 5.41) is 10.7. The summed E-state index contributed by atoms with van der Waals surface area (Å²) in [6.45, 7) is 0.436. The molecule has 1 aromatic carbocycles. The molecule has 2 nitrogen and oxygen atoms in total. The molecule has 1 aromatic rings. The molecule has 11 heavy (non-hydrogen) atoms. The van der Waals surface area contributed by atoms with Crippen molar-refractivity contribution in [3.05, 3.63) is 24.3 Å². The standard InChI is InChI=1S/C8H8ClO2/c9-4-5-11-8-3-1-2-7(10)6-8/h1-3,6H,4-5H2. The Labute approximate surface area is 70.4 Å². The van der Waals surface area contributed by atoms with Gasteiger partial charge in [-0.05, 0) is 12.1 Å². The summed E-state index contributed by atoms with van der Waals surface area (Å²) >= 11 is 5.39. The molecule has 0 heterocycles. The van der Waals surface area contributed by atoms with Gasteiger partial charge < -0.3 is 4.74 Å². The second kappa shape index (κ2) is 4.09. The third kappa shape index (κ3) is 2.68. The summed E-state index contributed by atoms with van der Waals surface area (Å²) in [5.41, 5.74) is 0. The van der Waals surface area contributed by atoms with Gasteiger partial charge in [0, 0.05) is 6.07 Å². The van der Waals surface area contributed by atoms with Crippen LogP contribution in [0.3, 0.4) is 0 Å². The lowest BCUT2D eigenvalue weighted by Crippen LogP contribution is -1.97. The van der Waals surface area contributed by atoms with Crippen LogP contribution in [0, 0.1) is 0 Å². The third-order valence-electron chi connectivity index (χ3n) is 1.15. The van der Waals surface area contributed by atoms with Crippen molar-refractivity contribution in [3.63, 3.8) is 0 Å². The van der Waals surface area contributed by atoms with Crippen molar-refractivity contribution in [1.82, 2.24) is 0 Å². The number of hydrogen-bond donors (Lipinski definition) is 0. The van der Waals surface area contributed by atoms with Crippen molar-refractivity contribution in [2.75, 3.05) is 12.5 Å². The molecule has 0 aliphatic heterocycles. The maximum absolute atomic E-state index is 10.7. The van der Waals surface area contributed by atoms with E-state index in [4.69, 9.17) is 16.3 Å². The summed E-state index contributed by atoms with van der Waals surface area (Å²) in [5.74, 6) is 0.971. The minimum Gasteiger partial charge on any atom is -0.492 e. The van der Waals surface area contributed by atoms with Gasteiger partial charge in [0.25, 0.3) is 0 Å². The summed E-state index contributed by atoms with van der Waals surface area (Å²) in [6, 6.07) is 6.31. The van der Waals surface area contributed by atoms with Gasteiger partial charge in [-0.1, -0.05) is 6.07 Å². The lowest BCUT2D eigenvalue weighted by Gasteiger charge is -2.01. The number of hydrogen-bond acceptors (Lipinski definition) is 1. The summed E-state index contributed by atoms with van der Waals surface area (Å²) < 4.78 is 5.10. The summed E-state index contributed by atoms with van der Waals surface area (Å²) in [7, 11) is 0. The lowest BCUT2D eigenvalue weighted by molar-refractivity contribution is 0.328. The molecule has 1 rings (SSSR count). The zero-order valence-electron chi connectivity index (χ0n) is 5.92. The molecule has 0 saturated carbocycles. The Morgan fingerprint density at radius 1 is 1.45 bits per heavy atom. The van der Waals surface area contributed by atoms with Crippen LogP contribution in [0.5, 0.6) is 11.5 Å². The van der Waals surface area contributed by atoms with E-state index in [2.05, 4.69) is 0 Å². The van der Waals surface area contributed by atoms with E-state index in [1.165, 1.54) is 12.1 Å². The molecular formula is C8H8ClO2. The van der Waals surface area contributed by atoms with Gasteiger partial charge in [0.2, 0.25) is 0 Å². The normalized spacial score (nSPS) is 9.55. The molecule has 3 heteroatoms. The predicted octanol–water partition coefficient (Wildman–Crippen LogP) is 2.45. The smallest absolute Gasteiger partial charge is 0.182 e. The third-order valence-corrected chi connectivity index (χ3v) is 1.31. The Balaban J connectivity index is 2.56. The van der Waals surface area contributed by atoms with Gasteiger partial charge in [0.15, 0.2) is 5.75 Å². The summed E-state index contributed by atoms with van der Waals surface area (Å²) in [4.78, 5) is 0. The molecule has 0 atom stereocenters. The van der Waals surface area contributed by atoms with Gasteiger partial charge in [-0.2, -0.15) is 0 Å². The zero-order chi connectivity index (χ0) is 8.10. The van der Waals surface area contributed by atoms with Crippen LogP contribution >= 0.6 is 11.6 Å². The van der Waals surface area contributed by atoms with Crippen LogP contribution < -0.4 is 4.74 Å². The van der Waals surface area contributed by atoms with Crippen molar-refractivity contribution in [2.24, 2.45) is 0 Å². The highest BCUT2D eigenvalue weighted by molar-refractivity contribution is 6.17. The topological polar surface area (TPSA) is 29.1 Å². The Hall–Kier alpha value is -0.890. The second-order valence-electron chi connectivity index (χ2n) is 2.01. The fourth-order valence-electron chi connectivity index (χ4n) is 0.720. The van der Waals surface area contributed by atoms with Crippen LogP contribution in [-0.4, -0.2) is 12.5 Å². The molecule has 0 unspecified atom stereocenters. The highest BCUT2D eigenvalue weighted by Crippen LogP contribution is 2.17. The number of ether oxygens (including phenoxy) is 1. The molecule has 0 aliphatic rings. The summed E-state index contributed by atoms with van der Waals surface area (Å²) in [6.07, 6.45) is 0. The number of alkyl halides is 1. The SMILES string of the molecule is [O]c1cccc(OCCCl)c1. The highest BCUT2D eigenvalue weighted by atomic mass is 35.5. The van der Waals surface area contributed by atoms with E-state index in [0.717, 1.165) is 0 Å². The number of halogens is 1. The maximum Gasteiger partial charge on any atom is 0.182 e. The zero-order valence-corrected chi connectivity index (χ0v) is 6.67. The van der Waals surface area contributed by atoms with E-state index in [1.54, 1.807) is 12.1 Å². The van der Waals surface area contributed by atoms with Gasteiger partial charge >= 0.3 is 0 Å². The van der Waals surface area contributed by atoms with E-state index in [1.807, 2.05) is 0 Å². The lowest BCUT2D eigenvalue weighted by atomic mass is 10.3. The van der Waals surface area contributed by atoms with Gasteiger partial charge in [-0.25, -0.2) is 0 Å². The Morgan fingerprint density at radius 2 is 2.27 bits per heavy atom. The van der Waals surface area contributed by atoms with Gasteiger partial charge in [0.05, 0.1) is 5.88 Å². The first-order valence-corrected chi connectivity index (χ1v) is 3.82. The van der Waals surface area contributed by atoms with Crippen LogP contribution in [0.25, 0.3) is 0 Å². The van der Waals surface area contributed by atoms with Crippen LogP contribution in [0.15, 0.2) is 24.3 Å². The van der Waals surface area contributed by atoms with Crippen molar-refractivity contribution >= 4 is 11.6 Å². The number of rotatable bonds is 3. The van der Waals surface area contributed by atoms with Crippen LogP contribution in [0.1, 0.15) is 0 Å². The van der Waals surface area contributed by atoms with Gasteiger partial charge in [0.1, 0.15) is 12.4 Å². The van der Waals surface area contributed by atoms with Crippen molar-refractivity contribution in [1.29, 1.82) is 0 Å². The molecule has 0 aromatic heterocycles. The fourth-order valence-corrected chi connectivity index (χ4v) is 0.798. The molecule has 0 amide bonds. The fraction of sp³-hybridized carbons (Fsp3) is 0.250. The quantitative estimate of drug-likeness (QED) is 0.643. The highest BCUT2D eigenvalue weighted by Gasteiger charge is 1.94.